The van der Waals surface area contributed by atoms with Crippen molar-refractivity contribution in [1.29, 1.82) is 0 Å². The van der Waals surface area contributed by atoms with Crippen molar-refractivity contribution in [3.63, 3.8) is 0 Å². The van der Waals surface area contributed by atoms with Crippen molar-refractivity contribution in [3.8, 4) is 0 Å². The molecule has 3 aromatic rings. The largest absolute Gasteiger partial charge is 0.480 e. The van der Waals surface area contributed by atoms with Gasteiger partial charge in [0.15, 0.2) is 0 Å². The van der Waals surface area contributed by atoms with Crippen LogP contribution in [-0.4, -0.2) is 56.7 Å². The van der Waals surface area contributed by atoms with Crippen LogP contribution in [0, 0.1) is 17.7 Å². The fourth-order valence-corrected chi connectivity index (χ4v) is 8.51. The maximum absolute atomic E-state index is 13.7. The number of hydrogen-bond donors (Lipinski definition) is 4. The molecule has 4 saturated carbocycles. The van der Waals surface area contributed by atoms with Gasteiger partial charge < -0.3 is 30.4 Å². The summed E-state index contributed by atoms with van der Waals surface area (Å²) in [7, 11) is 0. The molecule has 1 aliphatic heterocycles. The minimum Gasteiger partial charge on any atom is -0.480 e. The lowest BCUT2D eigenvalue weighted by molar-refractivity contribution is -0.150. The number of nitrogens with zero attached hydrogens (tertiary/aromatic N) is 1. The van der Waals surface area contributed by atoms with Crippen LogP contribution in [0.15, 0.2) is 48.7 Å². The molecular formula is C32H35FN4O5. The van der Waals surface area contributed by atoms with Crippen LogP contribution >= 0.6 is 0 Å². The van der Waals surface area contributed by atoms with Crippen LogP contribution in [0.25, 0.3) is 10.9 Å². The number of halogens is 1. The second-order valence-electron chi connectivity index (χ2n) is 12.9. The number of hydrogen-bond acceptors (Lipinski definition) is 5. The highest BCUT2D eigenvalue weighted by molar-refractivity contribution is 5.85. The van der Waals surface area contributed by atoms with E-state index in [1.165, 1.54) is 12.1 Å². The van der Waals surface area contributed by atoms with E-state index in [4.69, 9.17) is 4.74 Å². The van der Waals surface area contributed by atoms with Crippen molar-refractivity contribution in [2.75, 3.05) is 6.54 Å². The van der Waals surface area contributed by atoms with Crippen LogP contribution in [0.1, 0.15) is 55.2 Å². The van der Waals surface area contributed by atoms with E-state index in [-0.39, 0.29) is 30.2 Å². The molecule has 1 aromatic heterocycles. The van der Waals surface area contributed by atoms with E-state index in [1.807, 2.05) is 24.3 Å². The van der Waals surface area contributed by atoms with Crippen molar-refractivity contribution in [2.45, 2.75) is 75.2 Å². The molecule has 220 valence electrons. The van der Waals surface area contributed by atoms with Gasteiger partial charge in [-0.3, -0.25) is 4.79 Å². The molecule has 4 N–H and O–H groups in total. The van der Waals surface area contributed by atoms with Gasteiger partial charge in [-0.05, 0) is 78.8 Å². The first-order chi connectivity index (χ1) is 20.2. The molecular weight excluding hydrogens is 539 g/mol. The van der Waals surface area contributed by atoms with Crippen LogP contribution in [0.3, 0.4) is 0 Å². The predicted octanol–water partition coefficient (Wildman–Crippen LogP) is 4.25. The van der Waals surface area contributed by atoms with Crippen molar-refractivity contribution in [1.82, 2.24) is 20.5 Å². The molecule has 2 unspecified atom stereocenters. The Bertz CT molecular complexity index is 1560. The lowest BCUT2D eigenvalue weighted by Crippen LogP contribution is -2.66. The standard InChI is InChI=1S/C32H35FN4O5/c33-24-6-5-21-16-37(17-23(21)8-24)28(38)15-35-31-10-19-7-20(11-31)13-32(12-19,18-31)42-30(41)36-27(29(39)40)9-22-14-34-26-4-2-1-3-25(22)26/h1-6,8,14,19-20,27,34-35H,7,9-13,15-18H2,(H,36,41)(H,39,40)/t19-,20+,27-,31?,32?/m0/s1. The zero-order valence-electron chi connectivity index (χ0n) is 23.3. The Kier molecular flexibility index (Phi) is 6.49. The number of rotatable bonds is 8. The van der Waals surface area contributed by atoms with Crippen molar-refractivity contribution in [3.05, 3.63) is 71.2 Å². The molecule has 0 spiro atoms. The van der Waals surface area contributed by atoms with Gasteiger partial charge in [0.05, 0.1) is 6.54 Å². The molecule has 4 bridgehead atoms. The molecule has 8 rings (SSSR count). The van der Waals surface area contributed by atoms with Crippen LogP contribution in [0.2, 0.25) is 0 Å². The van der Waals surface area contributed by atoms with Gasteiger partial charge in [0.2, 0.25) is 5.91 Å². The van der Waals surface area contributed by atoms with Crippen LogP contribution < -0.4 is 10.6 Å². The Balaban J connectivity index is 0.999. The Labute approximate surface area is 242 Å². The maximum Gasteiger partial charge on any atom is 0.408 e. The first kappa shape index (κ1) is 26.9. The van der Waals surface area contributed by atoms with Crippen LogP contribution in [0.4, 0.5) is 9.18 Å². The third-order valence-corrected chi connectivity index (χ3v) is 9.86. The van der Waals surface area contributed by atoms with E-state index < -0.39 is 23.7 Å². The topological polar surface area (TPSA) is 124 Å². The van der Waals surface area contributed by atoms with Gasteiger partial charge in [-0.25, -0.2) is 14.0 Å². The molecule has 5 aliphatic rings. The smallest absolute Gasteiger partial charge is 0.408 e. The minimum atomic E-state index is -1.13. The van der Waals surface area contributed by atoms with Crippen molar-refractivity contribution >= 4 is 28.9 Å². The lowest BCUT2D eigenvalue weighted by atomic mass is 9.51. The molecule has 2 heterocycles. The molecule has 0 radical (unpaired) electrons. The minimum absolute atomic E-state index is 0.0309. The van der Waals surface area contributed by atoms with E-state index in [9.17, 15) is 23.9 Å². The quantitative estimate of drug-likeness (QED) is 0.319. The van der Waals surface area contributed by atoms with E-state index in [1.54, 1.807) is 17.2 Å². The molecule has 4 aliphatic carbocycles. The van der Waals surface area contributed by atoms with Crippen molar-refractivity contribution in [2.24, 2.45) is 11.8 Å². The van der Waals surface area contributed by atoms with Gasteiger partial charge in [-0.2, -0.15) is 0 Å². The number of carbonyl (C=O) groups is 3. The summed E-state index contributed by atoms with van der Waals surface area (Å²) in [6.07, 6.45) is 6.23. The summed E-state index contributed by atoms with van der Waals surface area (Å²) >= 11 is 0. The highest BCUT2D eigenvalue weighted by Crippen LogP contribution is 2.59. The Morgan fingerprint density at radius 1 is 1.07 bits per heavy atom. The number of aliphatic carboxylic acids is 1. The monoisotopic (exact) mass is 574 g/mol. The van der Waals surface area contributed by atoms with Gasteiger partial charge in [-0.1, -0.05) is 24.3 Å². The number of carbonyl (C=O) groups excluding carboxylic acids is 2. The number of aromatic nitrogens is 1. The van der Waals surface area contributed by atoms with Gasteiger partial charge in [0, 0.05) is 48.6 Å². The fourth-order valence-electron chi connectivity index (χ4n) is 8.51. The normalized spacial score (nSPS) is 28.1. The Morgan fingerprint density at radius 2 is 1.83 bits per heavy atom. The Hall–Kier alpha value is -3.92. The molecule has 9 nitrogen and oxygen atoms in total. The lowest BCUT2D eigenvalue weighted by Gasteiger charge is -2.61. The van der Waals surface area contributed by atoms with Gasteiger partial charge >= 0.3 is 12.1 Å². The van der Waals surface area contributed by atoms with E-state index >= 15 is 0 Å². The number of H-pyrrole nitrogens is 1. The third kappa shape index (κ3) is 5.02. The van der Waals surface area contributed by atoms with Gasteiger partial charge in [0.1, 0.15) is 17.5 Å². The summed E-state index contributed by atoms with van der Waals surface area (Å²) in [5.41, 5.74) is 2.55. The maximum atomic E-state index is 13.7. The zero-order chi connectivity index (χ0) is 29.1. The number of nitrogens with one attached hydrogen (secondary N) is 3. The predicted molar refractivity (Wildman–Crippen MR) is 152 cm³/mol. The second-order valence-corrected chi connectivity index (χ2v) is 12.9. The Morgan fingerprint density at radius 3 is 2.62 bits per heavy atom. The van der Waals surface area contributed by atoms with Crippen LogP contribution in [-0.2, 0) is 33.8 Å². The number of carboxylic acid groups (broad SMARTS) is 1. The molecule has 42 heavy (non-hydrogen) atoms. The molecule has 2 aromatic carbocycles. The van der Waals surface area contributed by atoms with E-state index in [0.717, 1.165) is 59.7 Å². The number of alkyl carbamates (subject to hydrolysis) is 1. The highest BCUT2D eigenvalue weighted by Gasteiger charge is 2.59. The summed E-state index contributed by atoms with van der Waals surface area (Å²) in [4.78, 5) is 43.4. The first-order valence-corrected chi connectivity index (χ1v) is 14.8. The first-order valence-electron chi connectivity index (χ1n) is 14.8. The number of aromatic amines is 1. The molecule has 2 amide bonds. The number of ether oxygens (including phenoxy) is 1. The summed E-state index contributed by atoms with van der Waals surface area (Å²) < 4.78 is 19.8. The number of benzene rings is 2. The average molecular weight is 575 g/mol. The fraction of sp³-hybridized carbons (Fsp3) is 0.469. The number of carboxylic acids is 1. The SMILES string of the molecule is O=C(N[C@@H](Cc1c[nH]c2ccccc12)C(=O)O)OC12C[C@@H]3C[C@@H](CC(NCC(=O)N4Cc5ccc(F)cc5C4)(C3)C1)C2. The summed E-state index contributed by atoms with van der Waals surface area (Å²) in [5.74, 6) is -0.691. The average Bonchev–Trinajstić information content (AvgIpc) is 3.54. The second kappa shape index (κ2) is 10.1. The highest BCUT2D eigenvalue weighted by atomic mass is 19.1. The van der Waals surface area contributed by atoms with E-state index in [0.29, 0.717) is 31.3 Å². The zero-order valence-corrected chi connectivity index (χ0v) is 23.3. The number of amides is 2. The van der Waals surface area contributed by atoms with Crippen LogP contribution in [0.5, 0.6) is 0 Å². The van der Waals surface area contributed by atoms with Gasteiger partial charge in [0.25, 0.3) is 0 Å². The molecule has 0 saturated heterocycles. The third-order valence-electron chi connectivity index (χ3n) is 9.86. The molecule has 4 fully saturated rings. The van der Waals surface area contributed by atoms with Gasteiger partial charge in [-0.15, -0.1) is 0 Å². The van der Waals surface area contributed by atoms with Crippen molar-refractivity contribution < 1.29 is 28.6 Å². The van der Waals surface area contributed by atoms with E-state index in [2.05, 4.69) is 15.6 Å². The molecule has 5 atom stereocenters. The number of para-hydroxylation sites is 1. The summed E-state index contributed by atoms with van der Waals surface area (Å²) in [6.45, 7) is 1.05. The number of fused-ring (bicyclic) bond motifs is 2. The molecule has 10 heteroatoms. The summed E-state index contributed by atoms with van der Waals surface area (Å²) in [5, 5.41) is 17.0. The summed E-state index contributed by atoms with van der Waals surface area (Å²) in [6, 6.07) is 11.2.